The second-order valence-electron chi connectivity index (χ2n) is 15.3. The number of primary amides is 1. The molecule has 2 aliphatic heterocycles. The molecule has 65 heavy (non-hydrogen) atoms. The molecule has 0 saturated carbocycles. The second-order valence-corrected chi connectivity index (χ2v) is 15.3. The zero-order valence-electron chi connectivity index (χ0n) is 36.6. The molecule has 0 bridgehead atoms. The van der Waals surface area contributed by atoms with Gasteiger partial charge in [0.25, 0.3) is 0 Å². The van der Waals surface area contributed by atoms with Crippen molar-refractivity contribution in [3.63, 3.8) is 0 Å². The molecule has 3 amide bonds. The number of rotatable bonds is 9. The van der Waals surface area contributed by atoms with E-state index in [9.17, 15) is 29.2 Å². The number of nitrogens with zero attached hydrogens (tertiary/aromatic N) is 5. The topological polar surface area (TPSA) is 185 Å². The van der Waals surface area contributed by atoms with E-state index in [0.717, 1.165) is 38.9 Å². The van der Waals surface area contributed by atoms with Crippen molar-refractivity contribution in [2.75, 3.05) is 51.2 Å². The monoisotopic (exact) mass is 864 g/mol. The van der Waals surface area contributed by atoms with Gasteiger partial charge in [0.2, 0.25) is 17.7 Å². The Kier molecular flexibility index (Phi) is 12.9. The Bertz CT molecular complexity index is 3020. The van der Waals surface area contributed by atoms with Crippen molar-refractivity contribution in [1.82, 2.24) is 0 Å². The van der Waals surface area contributed by atoms with E-state index in [-0.39, 0.29) is 36.5 Å². The Morgan fingerprint density at radius 2 is 1.00 bits per heavy atom. The fourth-order valence-electron chi connectivity index (χ4n) is 7.62. The van der Waals surface area contributed by atoms with Gasteiger partial charge in [0.1, 0.15) is 24.6 Å². The van der Waals surface area contributed by atoms with Crippen LogP contribution in [0.3, 0.4) is 0 Å². The normalized spacial score (nSPS) is 13.1. The van der Waals surface area contributed by atoms with E-state index in [0.29, 0.717) is 62.1 Å². The standard InChI is InChI=1S/C26H23N3O4.C26H21N3O3/c1-15(30)16-7-9-17(10-8-16)20-12-21-22(13-23(20)33-3)29(2)24(31)14-28-25(21)18-5-4-6-19(11-18)26(27)32;1-16(30)18-7-9-19(10-8-18)21-12-22-23(13-24(21)32-3)29(2)25(31)15-28-26(22)20-6-4-5-17(11-20)14-27/h4-13H,14H2,1-3H3,(H2,27,32);4-13H,15H2,1-3H3. The molecule has 2 N–H and O–H groups in total. The number of carbonyl (C=O) groups excluding carboxylic acids is 5. The van der Waals surface area contributed by atoms with Crippen LogP contribution in [0.2, 0.25) is 0 Å². The van der Waals surface area contributed by atoms with Gasteiger partial charge in [0.15, 0.2) is 11.6 Å². The van der Waals surface area contributed by atoms with Crippen LogP contribution in [-0.2, 0) is 9.59 Å². The molecule has 13 nitrogen and oxygen atoms in total. The molecule has 0 aliphatic carbocycles. The number of benzene rings is 6. The first-order chi connectivity index (χ1) is 31.2. The second kappa shape index (κ2) is 18.9. The first-order valence-electron chi connectivity index (χ1n) is 20.4. The fourth-order valence-corrected chi connectivity index (χ4v) is 7.62. The molecule has 324 valence electrons. The van der Waals surface area contributed by atoms with E-state index in [1.807, 2.05) is 54.6 Å². The smallest absolute Gasteiger partial charge is 0.248 e. The molecule has 0 atom stereocenters. The molecular formula is C52H44N6O7. The molecule has 0 saturated heterocycles. The molecule has 0 unspecified atom stereocenters. The van der Waals surface area contributed by atoms with Crippen molar-refractivity contribution in [1.29, 1.82) is 5.26 Å². The number of nitriles is 1. The number of aliphatic imine (C=N–C) groups is 2. The molecule has 0 radical (unpaired) electrons. The summed E-state index contributed by atoms with van der Waals surface area (Å²) in [5, 5.41) is 9.33. The lowest BCUT2D eigenvalue weighted by molar-refractivity contribution is -0.117. The van der Waals surface area contributed by atoms with Crippen LogP contribution >= 0.6 is 0 Å². The lowest BCUT2D eigenvalue weighted by Gasteiger charge is -2.21. The average molecular weight is 865 g/mol. The van der Waals surface area contributed by atoms with Gasteiger partial charge in [-0.1, -0.05) is 72.8 Å². The van der Waals surface area contributed by atoms with Crippen LogP contribution in [0.15, 0.2) is 131 Å². The summed E-state index contributed by atoms with van der Waals surface area (Å²) in [6.07, 6.45) is 0. The van der Waals surface area contributed by atoms with Gasteiger partial charge in [0.05, 0.1) is 48.7 Å². The van der Waals surface area contributed by atoms with Gasteiger partial charge >= 0.3 is 0 Å². The fraction of sp³-hybridized carbons (Fsp3) is 0.154. The predicted octanol–water partition coefficient (Wildman–Crippen LogP) is 7.73. The summed E-state index contributed by atoms with van der Waals surface area (Å²) in [6.45, 7) is 3.02. The van der Waals surface area contributed by atoms with E-state index < -0.39 is 5.91 Å². The average Bonchev–Trinajstić information content (AvgIpc) is 3.53. The zero-order chi connectivity index (χ0) is 46.5. The van der Waals surface area contributed by atoms with Crippen LogP contribution in [0.1, 0.15) is 72.7 Å². The maximum Gasteiger partial charge on any atom is 0.248 e. The van der Waals surface area contributed by atoms with Crippen LogP contribution in [0.5, 0.6) is 11.5 Å². The molecule has 0 spiro atoms. The first-order valence-corrected chi connectivity index (χ1v) is 20.4. The number of amides is 3. The number of likely N-dealkylation sites (N-methyl/N-ethyl adjacent to an activating group) is 2. The number of methoxy groups -OCH3 is 2. The Hall–Kier alpha value is -8.50. The van der Waals surface area contributed by atoms with Gasteiger partial charge in [-0.3, -0.25) is 34.0 Å². The first kappa shape index (κ1) is 44.6. The molecule has 0 fully saturated rings. The number of nitrogens with two attached hydrogens (primary N) is 1. The number of hydrogen-bond donors (Lipinski definition) is 1. The highest BCUT2D eigenvalue weighted by Crippen LogP contribution is 2.40. The largest absolute Gasteiger partial charge is 0.496 e. The van der Waals surface area contributed by atoms with Gasteiger partial charge in [0, 0.05) is 76.3 Å². The van der Waals surface area contributed by atoms with E-state index in [1.54, 1.807) is 105 Å². The van der Waals surface area contributed by atoms with Crippen molar-refractivity contribution in [2.24, 2.45) is 15.7 Å². The van der Waals surface area contributed by atoms with Crippen LogP contribution in [-0.4, -0.2) is 82.1 Å². The number of ether oxygens (including phenoxy) is 2. The minimum atomic E-state index is -0.541. The maximum atomic E-state index is 12.7. The Morgan fingerprint density at radius 1 is 0.569 bits per heavy atom. The van der Waals surface area contributed by atoms with Gasteiger partial charge in [-0.05, 0) is 61.4 Å². The number of fused-ring (bicyclic) bond motifs is 2. The van der Waals surface area contributed by atoms with E-state index in [1.165, 1.54) is 13.8 Å². The Labute approximate surface area is 376 Å². The van der Waals surface area contributed by atoms with Gasteiger partial charge < -0.3 is 25.0 Å². The quantitative estimate of drug-likeness (QED) is 0.143. The zero-order valence-corrected chi connectivity index (χ0v) is 36.6. The third kappa shape index (κ3) is 9.19. The molecule has 2 aliphatic rings. The van der Waals surface area contributed by atoms with Crippen LogP contribution in [0, 0.1) is 11.3 Å². The number of Topliss-reactive ketones (excluding diaryl/α,β-unsaturated/α-hetero) is 2. The summed E-state index contributed by atoms with van der Waals surface area (Å²) in [7, 11) is 6.56. The number of anilines is 2. The van der Waals surface area contributed by atoms with Crippen LogP contribution in [0.4, 0.5) is 11.4 Å². The van der Waals surface area contributed by atoms with Crippen LogP contribution in [0.25, 0.3) is 22.3 Å². The van der Waals surface area contributed by atoms with Crippen molar-refractivity contribution >= 4 is 52.1 Å². The number of ketones is 2. The Balaban J connectivity index is 0.000000194. The summed E-state index contributed by atoms with van der Waals surface area (Å²) in [5.74, 6) is 0.315. The molecule has 2 heterocycles. The van der Waals surface area contributed by atoms with E-state index >= 15 is 0 Å². The SMILES string of the molecule is COc1cc2c(cc1-c1ccc(C(C)=O)cc1)C(c1cccc(C#N)c1)=NCC(=O)N2C.COc1cc2c(cc1-c1ccc(C(C)=O)cc1)C(c1cccc(C(N)=O)c1)=NCC(=O)N2C. The lowest BCUT2D eigenvalue weighted by atomic mass is 9.93. The van der Waals surface area contributed by atoms with Crippen LogP contribution < -0.4 is 25.0 Å². The van der Waals surface area contributed by atoms with Crippen molar-refractivity contribution in [3.05, 3.63) is 166 Å². The van der Waals surface area contributed by atoms with Gasteiger partial charge in [-0.25, -0.2) is 0 Å². The third-order valence-corrected chi connectivity index (χ3v) is 11.3. The summed E-state index contributed by atoms with van der Waals surface area (Å²) in [6, 6.07) is 38.3. The number of hydrogen-bond acceptors (Lipinski definition) is 10. The van der Waals surface area contributed by atoms with Gasteiger partial charge in [-0.15, -0.1) is 0 Å². The predicted molar refractivity (Wildman–Crippen MR) is 251 cm³/mol. The summed E-state index contributed by atoms with van der Waals surface area (Å²) < 4.78 is 11.3. The van der Waals surface area contributed by atoms with Gasteiger partial charge in [-0.2, -0.15) is 5.26 Å². The van der Waals surface area contributed by atoms with Crippen molar-refractivity contribution in [3.8, 4) is 39.8 Å². The summed E-state index contributed by atoms with van der Waals surface area (Å²) in [5.41, 5.74) is 16.4. The molecule has 6 aromatic carbocycles. The molecule has 13 heteroatoms. The summed E-state index contributed by atoms with van der Waals surface area (Å²) >= 11 is 0. The van der Waals surface area contributed by atoms with E-state index in [4.69, 9.17) is 15.2 Å². The molecule has 6 aromatic rings. The highest BCUT2D eigenvalue weighted by atomic mass is 16.5. The summed E-state index contributed by atoms with van der Waals surface area (Å²) in [4.78, 5) is 72.7. The maximum absolute atomic E-state index is 12.7. The van der Waals surface area contributed by atoms with E-state index in [2.05, 4.69) is 16.1 Å². The minimum Gasteiger partial charge on any atom is -0.496 e. The lowest BCUT2D eigenvalue weighted by Crippen LogP contribution is -2.27. The molecular weight excluding hydrogens is 821 g/mol. The minimum absolute atomic E-state index is 0.00223. The number of benzodiazepines with no additional fused rings is 2. The Morgan fingerprint density at radius 3 is 1.40 bits per heavy atom. The highest BCUT2D eigenvalue weighted by Gasteiger charge is 2.27. The van der Waals surface area contributed by atoms with Crippen molar-refractivity contribution in [2.45, 2.75) is 13.8 Å². The third-order valence-electron chi connectivity index (χ3n) is 11.3. The molecule has 0 aromatic heterocycles. The number of carbonyl (C=O) groups is 5. The van der Waals surface area contributed by atoms with Crippen molar-refractivity contribution < 1.29 is 33.4 Å². The highest BCUT2D eigenvalue weighted by molar-refractivity contribution is 6.21. The molecule has 8 rings (SSSR count).